The zero-order valence-corrected chi connectivity index (χ0v) is 62.4. The number of aromatic amines is 4. The van der Waals surface area contributed by atoms with Gasteiger partial charge in [-0.05, 0) is 144 Å². The van der Waals surface area contributed by atoms with Crippen molar-refractivity contribution < 1.29 is 24.3 Å². The molecule has 0 radical (unpaired) electrons. The molecular weight excluding hydrogens is 1310 g/mol. The molecule has 4 fully saturated rings. The first-order chi connectivity index (χ1) is 50.8. The van der Waals surface area contributed by atoms with Crippen molar-refractivity contribution in [3.05, 3.63) is 194 Å². The van der Waals surface area contributed by atoms with Crippen LogP contribution >= 0.6 is 0 Å². The van der Waals surface area contributed by atoms with E-state index in [4.69, 9.17) is 20.1 Å². The zero-order valence-electron chi connectivity index (χ0n) is 62.4. The number of carbonyl (C=O) groups excluding carboxylic acids is 3. The highest BCUT2D eigenvalue weighted by atomic mass is 16.4. The maximum atomic E-state index is 13.8. The molecule has 6 aromatic heterocycles. The van der Waals surface area contributed by atoms with Crippen molar-refractivity contribution >= 4 is 35.1 Å². The van der Waals surface area contributed by atoms with Crippen molar-refractivity contribution in [3.63, 3.8) is 0 Å². The van der Waals surface area contributed by atoms with Crippen LogP contribution in [0.5, 0.6) is 0 Å². The number of nitrogens with zero attached hydrogens (tertiary/aromatic N) is 9. The predicted molar refractivity (Wildman–Crippen MR) is 415 cm³/mol. The number of carboxylic acid groups (broad SMARTS) is 1. The summed E-state index contributed by atoms with van der Waals surface area (Å²) < 4.78 is 0. The SMILES string of the molecule is CC(C)C(Nc1cccnc1)C(=O)N1CCC[C@H]1c1ncc(-c2ccc(-c3ccc(-c4cnc([C@@H]5CCCN5C(=O)[C@@H](C)C(C)C)[nH]4)cc3)cc2)[nH]1.CC(C)[C@H](C)C(=O)N1CCC[C@H]1c1ncc(-c2ccc(-c3ccc(-c4cnc(C5CCCC5)[nH]4)cc3)cc2)[nH]1.CC(C)[C@H](Nc1cccnc1)C(=O)O. The number of rotatable bonds is 22. The number of hydrogen-bond acceptors (Lipinski definition) is 12. The molecule has 10 aromatic rings. The number of carboxylic acids is 1. The van der Waals surface area contributed by atoms with E-state index in [0.29, 0.717) is 24.3 Å². The Labute approximate surface area is 617 Å². The number of likely N-dealkylation sites (tertiary alicyclic amines) is 3. The molecule has 20 nitrogen and oxygen atoms in total. The quantitative estimate of drug-likeness (QED) is 0.0333. The lowest BCUT2D eigenvalue weighted by Crippen LogP contribution is -2.45. The van der Waals surface area contributed by atoms with E-state index in [1.165, 1.54) is 42.4 Å². The second-order valence-corrected chi connectivity index (χ2v) is 30.2. The fraction of sp³-hybridized carbons (Fsp3) is 0.412. The number of amides is 3. The molecule has 4 aromatic carbocycles. The molecule has 1 saturated carbocycles. The van der Waals surface area contributed by atoms with Gasteiger partial charge in [-0.3, -0.25) is 24.4 Å². The molecule has 1 unspecified atom stereocenters. The highest BCUT2D eigenvalue weighted by Gasteiger charge is 2.39. The van der Waals surface area contributed by atoms with E-state index < -0.39 is 12.0 Å². The Balaban J connectivity index is 0.000000171. The second-order valence-electron chi connectivity index (χ2n) is 30.2. The average Bonchev–Trinajstić information content (AvgIpc) is 1.69. The van der Waals surface area contributed by atoms with Crippen molar-refractivity contribution in [1.29, 1.82) is 0 Å². The fourth-order valence-electron chi connectivity index (χ4n) is 14.7. The summed E-state index contributed by atoms with van der Waals surface area (Å²) in [5.74, 6) is 4.83. The van der Waals surface area contributed by atoms with Gasteiger partial charge in [0.15, 0.2) is 0 Å². The minimum atomic E-state index is -0.844. The number of aliphatic carboxylic acids is 1. The lowest BCUT2D eigenvalue weighted by molar-refractivity contribution is -0.139. The van der Waals surface area contributed by atoms with Gasteiger partial charge in [-0.25, -0.2) is 24.7 Å². The van der Waals surface area contributed by atoms with E-state index in [1.54, 1.807) is 36.9 Å². The first-order valence-corrected chi connectivity index (χ1v) is 37.9. The number of carbonyl (C=O) groups is 4. The molecule has 3 aliphatic heterocycles. The minimum Gasteiger partial charge on any atom is -0.480 e. The number of aromatic nitrogens is 10. The van der Waals surface area contributed by atoms with Crippen LogP contribution in [0.1, 0.15) is 181 Å². The van der Waals surface area contributed by atoms with E-state index in [0.717, 1.165) is 137 Å². The Morgan fingerprint density at radius 3 is 0.981 bits per heavy atom. The third kappa shape index (κ3) is 17.7. The molecule has 9 heterocycles. The van der Waals surface area contributed by atoms with Gasteiger partial charge in [-0.1, -0.05) is 179 Å². The number of H-pyrrole nitrogens is 4. The number of nitrogens with one attached hydrogen (secondary N) is 6. The van der Waals surface area contributed by atoms with Gasteiger partial charge < -0.3 is 50.4 Å². The van der Waals surface area contributed by atoms with E-state index >= 15 is 0 Å². The van der Waals surface area contributed by atoms with E-state index in [-0.39, 0.29) is 65.6 Å². The van der Waals surface area contributed by atoms with Crippen LogP contribution < -0.4 is 10.6 Å². The molecule has 0 bridgehead atoms. The van der Waals surface area contributed by atoms with Crippen LogP contribution in [0.25, 0.3) is 67.3 Å². The number of imidazole rings is 4. The van der Waals surface area contributed by atoms with Gasteiger partial charge in [-0.15, -0.1) is 0 Å². The minimum absolute atomic E-state index is 0.00168. The fourth-order valence-corrected chi connectivity index (χ4v) is 14.7. The normalized spacial score (nSPS) is 17.9. The number of hydrogen-bond donors (Lipinski definition) is 7. The van der Waals surface area contributed by atoms with Crippen molar-refractivity contribution in [2.45, 2.75) is 170 Å². The number of benzene rings is 4. The molecule has 105 heavy (non-hydrogen) atoms. The van der Waals surface area contributed by atoms with Gasteiger partial charge in [0.05, 0.1) is 77.1 Å². The molecule has 1 aliphatic carbocycles. The van der Waals surface area contributed by atoms with Crippen LogP contribution in [0, 0.1) is 35.5 Å². The molecule has 548 valence electrons. The molecule has 7 N–H and O–H groups in total. The van der Waals surface area contributed by atoms with Crippen molar-refractivity contribution in [2.75, 3.05) is 30.3 Å². The highest BCUT2D eigenvalue weighted by Crippen LogP contribution is 2.39. The van der Waals surface area contributed by atoms with Crippen molar-refractivity contribution in [3.8, 4) is 67.3 Å². The predicted octanol–water partition coefficient (Wildman–Crippen LogP) is 17.6. The largest absolute Gasteiger partial charge is 0.480 e. The van der Waals surface area contributed by atoms with Gasteiger partial charge >= 0.3 is 5.97 Å². The second kappa shape index (κ2) is 34.0. The summed E-state index contributed by atoms with van der Waals surface area (Å²) >= 11 is 0. The molecule has 0 spiro atoms. The Bertz CT molecular complexity index is 4460. The van der Waals surface area contributed by atoms with Gasteiger partial charge in [0, 0.05) is 62.2 Å². The maximum absolute atomic E-state index is 13.8. The van der Waals surface area contributed by atoms with Crippen LogP contribution in [0.2, 0.25) is 0 Å². The van der Waals surface area contributed by atoms with E-state index in [9.17, 15) is 19.2 Å². The van der Waals surface area contributed by atoms with E-state index in [2.05, 4.69) is 184 Å². The van der Waals surface area contributed by atoms with Gasteiger partial charge in [0.25, 0.3) is 0 Å². The van der Waals surface area contributed by atoms with Crippen molar-refractivity contribution in [2.24, 2.45) is 35.5 Å². The molecule has 3 amide bonds. The number of pyridine rings is 2. The van der Waals surface area contributed by atoms with Crippen LogP contribution in [-0.2, 0) is 19.2 Å². The summed E-state index contributed by atoms with van der Waals surface area (Å²) in [7, 11) is 0. The topological polar surface area (TPSA) is 263 Å². The first-order valence-electron chi connectivity index (χ1n) is 37.9. The number of anilines is 2. The van der Waals surface area contributed by atoms with Crippen LogP contribution in [0.15, 0.2) is 171 Å². The molecule has 14 rings (SSSR count). The summed E-state index contributed by atoms with van der Waals surface area (Å²) in [6.07, 6.45) is 25.2. The highest BCUT2D eigenvalue weighted by molar-refractivity contribution is 5.86. The monoisotopic (exact) mass is 1410 g/mol. The lowest BCUT2D eigenvalue weighted by Gasteiger charge is -2.30. The molecular formula is C85H103N15O5. The summed E-state index contributed by atoms with van der Waals surface area (Å²) in [6.45, 7) is 22.7. The van der Waals surface area contributed by atoms with Crippen LogP contribution in [0.3, 0.4) is 0 Å². The Hall–Kier alpha value is -10.5. The zero-order chi connectivity index (χ0) is 73.8. The molecule has 7 atom stereocenters. The Morgan fingerprint density at radius 2 is 0.676 bits per heavy atom. The maximum Gasteiger partial charge on any atom is 0.326 e. The third-order valence-electron chi connectivity index (χ3n) is 21.7. The van der Waals surface area contributed by atoms with Crippen LogP contribution in [0.4, 0.5) is 11.4 Å². The first kappa shape index (κ1) is 74.2. The summed E-state index contributed by atoms with van der Waals surface area (Å²) in [5, 5.41) is 15.2. The molecule has 4 aliphatic rings. The van der Waals surface area contributed by atoms with Gasteiger partial charge in [0.2, 0.25) is 17.7 Å². The average molecular weight is 1410 g/mol. The molecule has 3 saturated heterocycles. The van der Waals surface area contributed by atoms with Gasteiger partial charge in [0.1, 0.15) is 35.4 Å². The standard InChI is InChI=1S/C42H50N8O2.C33H39N5O.C10H14N2O2/c1-26(2)28(5)41(51)49-21-7-10-36(49)39-44-24-34(47-39)31-16-12-29(13-17-31)30-14-18-32(19-15-30)35-25-45-40(48-35)37-11-8-22-50(37)42(52)38(27(3)4)46-33-9-6-20-43-23-33;1-21(2)22(3)33(39)38-18-6-9-30(38)32-35-20-29(37-32)26-16-12-24(13-17-26)23-10-14-25(15-11-23)28-19-34-31(36-28)27-7-4-5-8-27;1-7(2)9(10(13)14)12-8-4-3-5-11-6-8/h6,9,12-20,23-28,36-38,46H,7-8,10-11,21-22H2,1-5H3,(H,44,47)(H,45,48);10-17,19-22,27,30H,4-9,18H2,1-3H3,(H,34,36)(H,35,37);3-7,9,12H,1-2H3,(H,13,14)/t28-,36-,37-,38?;22-,30-;9-/m000/s1. The summed E-state index contributed by atoms with van der Waals surface area (Å²) in [6, 6.07) is 40.7. The Morgan fingerprint density at radius 1 is 0.371 bits per heavy atom. The Kier molecular flexibility index (Phi) is 24.0. The third-order valence-corrected chi connectivity index (χ3v) is 21.7. The van der Waals surface area contributed by atoms with Gasteiger partial charge in [-0.2, -0.15) is 0 Å². The lowest BCUT2D eigenvalue weighted by atomic mass is 9.96. The van der Waals surface area contributed by atoms with Crippen molar-refractivity contribution in [1.82, 2.24) is 64.5 Å². The van der Waals surface area contributed by atoms with Crippen LogP contribution in [-0.4, -0.2) is 125 Å². The molecule has 20 heteroatoms. The summed E-state index contributed by atoms with van der Waals surface area (Å²) in [4.78, 5) is 98.0. The van der Waals surface area contributed by atoms with E-state index in [1.807, 2.05) is 79.3 Å². The smallest absolute Gasteiger partial charge is 0.326 e. The summed E-state index contributed by atoms with van der Waals surface area (Å²) in [5.41, 5.74) is 14.5.